The SMILES string of the molecule is CC1(C2=P[C@]3(c4ccccc4)O[C@@]2(c2ccccc2)C(=O)c2ccccc23)CCCCC1. The third-order valence-corrected chi connectivity index (χ3v) is 9.62. The van der Waals surface area contributed by atoms with Crippen molar-refractivity contribution in [3.05, 3.63) is 107 Å². The summed E-state index contributed by atoms with van der Waals surface area (Å²) in [6.07, 6.45) is 5.92. The summed E-state index contributed by atoms with van der Waals surface area (Å²) < 4.78 is 7.22. The van der Waals surface area contributed by atoms with E-state index in [-0.39, 0.29) is 11.2 Å². The lowest BCUT2D eigenvalue weighted by atomic mass is 9.65. The van der Waals surface area contributed by atoms with Crippen LogP contribution >= 0.6 is 8.20 Å². The van der Waals surface area contributed by atoms with Crippen molar-refractivity contribution in [3.8, 4) is 0 Å². The molecule has 1 aliphatic carbocycles. The minimum absolute atomic E-state index is 0.0239. The largest absolute Gasteiger partial charge is 0.333 e. The van der Waals surface area contributed by atoms with E-state index < -0.39 is 10.9 Å². The molecule has 0 saturated heterocycles. The Hall–Kier alpha value is -2.54. The van der Waals surface area contributed by atoms with Crippen LogP contribution in [0.2, 0.25) is 0 Å². The van der Waals surface area contributed by atoms with Crippen LogP contribution in [0.5, 0.6) is 0 Å². The molecule has 2 bridgehead atoms. The van der Waals surface area contributed by atoms with E-state index in [0.29, 0.717) is 0 Å². The Labute approximate surface area is 191 Å². The summed E-state index contributed by atoms with van der Waals surface area (Å²) >= 11 is 0. The Morgan fingerprint density at radius 2 is 1.34 bits per heavy atom. The molecule has 0 aromatic heterocycles. The maximum Gasteiger partial charge on any atom is 0.204 e. The highest BCUT2D eigenvalue weighted by Gasteiger charge is 2.65. The fraction of sp³-hybridized carbons (Fsp3) is 0.310. The molecule has 2 nitrogen and oxygen atoms in total. The van der Waals surface area contributed by atoms with E-state index in [0.717, 1.165) is 43.3 Å². The minimum Gasteiger partial charge on any atom is -0.333 e. The average molecular weight is 439 g/mol. The van der Waals surface area contributed by atoms with Crippen LogP contribution in [0.4, 0.5) is 0 Å². The third-order valence-electron chi connectivity index (χ3n) is 7.63. The first-order chi connectivity index (χ1) is 15.6. The predicted molar refractivity (Wildman–Crippen MR) is 130 cm³/mol. The first-order valence-corrected chi connectivity index (χ1v) is 12.6. The molecule has 3 heteroatoms. The van der Waals surface area contributed by atoms with Crippen molar-refractivity contribution < 1.29 is 9.53 Å². The van der Waals surface area contributed by atoms with Crippen LogP contribution in [0.3, 0.4) is 0 Å². The van der Waals surface area contributed by atoms with Crippen molar-refractivity contribution in [2.45, 2.75) is 50.0 Å². The van der Waals surface area contributed by atoms with Crippen molar-refractivity contribution in [2.75, 3.05) is 0 Å². The maximum absolute atomic E-state index is 14.4. The number of fused-ring (bicyclic) bond motifs is 4. The number of Topliss-reactive ketones (excluding diaryl/α,β-unsaturated/α-hetero) is 1. The highest BCUT2D eigenvalue weighted by Crippen LogP contribution is 2.64. The van der Waals surface area contributed by atoms with Crippen LogP contribution in [0, 0.1) is 5.41 Å². The van der Waals surface area contributed by atoms with Crippen LogP contribution in [0.25, 0.3) is 0 Å². The van der Waals surface area contributed by atoms with Gasteiger partial charge >= 0.3 is 0 Å². The molecule has 2 atom stereocenters. The van der Waals surface area contributed by atoms with Gasteiger partial charge in [-0.05, 0) is 29.4 Å². The second-order valence-corrected chi connectivity index (χ2v) is 10.9. The van der Waals surface area contributed by atoms with Gasteiger partial charge in [0.15, 0.2) is 10.9 Å². The Morgan fingerprint density at radius 3 is 2.03 bits per heavy atom. The van der Waals surface area contributed by atoms with Crippen molar-refractivity contribution >= 4 is 19.3 Å². The molecule has 1 saturated carbocycles. The van der Waals surface area contributed by atoms with Gasteiger partial charge in [-0.15, -0.1) is 0 Å². The van der Waals surface area contributed by atoms with Gasteiger partial charge in [-0.1, -0.05) is 119 Å². The van der Waals surface area contributed by atoms with Gasteiger partial charge in [0, 0.05) is 16.4 Å². The molecule has 0 unspecified atom stereocenters. The van der Waals surface area contributed by atoms with E-state index in [2.05, 4.69) is 49.4 Å². The molecule has 0 spiro atoms. The highest BCUT2D eigenvalue weighted by atomic mass is 31.1. The Kier molecular flexibility index (Phi) is 4.54. The smallest absolute Gasteiger partial charge is 0.204 e. The van der Waals surface area contributed by atoms with Crippen LogP contribution in [-0.2, 0) is 15.7 Å². The van der Waals surface area contributed by atoms with E-state index in [1.54, 1.807) is 0 Å². The zero-order valence-electron chi connectivity index (χ0n) is 18.4. The molecule has 2 aliphatic heterocycles. The average Bonchev–Trinajstić information content (AvgIpc) is 3.21. The summed E-state index contributed by atoms with van der Waals surface area (Å²) in [5, 5.41) is 0.582. The van der Waals surface area contributed by atoms with Crippen molar-refractivity contribution in [1.82, 2.24) is 0 Å². The number of carbonyl (C=O) groups is 1. The van der Waals surface area contributed by atoms with E-state index in [4.69, 9.17) is 4.74 Å². The number of benzene rings is 3. The molecule has 3 aliphatic rings. The topological polar surface area (TPSA) is 26.3 Å². The molecular formula is C29H27O2P. The first-order valence-electron chi connectivity index (χ1n) is 11.7. The van der Waals surface area contributed by atoms with Gasteiger partial charge in [-0.3, -0.25) is 4.79 Å². The standard InChI is InChI=1S/C29H27O2P/c1-27(19-11-4-12-20-27)26-28(21-13-5-2-6-14-21)25(30)23-17-9-10-18-24(23)29(31-28,32-26)22-15-7-3-8-16-22/h2-3,5-10,13-18H,4,11-12,19-20H2,1H3/t28-,29-/m0/s1. The fourth-order valence-electron chi connectivity index (χ4n) is 6.04. The lowest BCUT2D eigenvalue weighted by Gasteiger charge is -2.45. The quantitative estimate of drug-likeness (QED) is 0.408. The van der Waals surface area contributed by atoms with Gasteiger partial charge in [-0.2, -0.15) is 0 Å². The zero-order chi connectivity index (χ0) is 21.8. The molecule has 1 fully saturated rings. The molecule has 0 amide bonds. The van der Waals surface area contributed by atoms with Gasteiger partial charge in [0.05, 0.1) is 0 Å². The van der Waals surface area contributed by atoms with Crippen LogP contribution in [-0.4, -0.2) is 11.1 Å². The summed E-state index contributed by atoms with van der Waals surface area (Å²) in [7, 11) is 1.10. The monoisotopic (exact) mass is 438 g/mol. The molecular weight excluding hydrogens is 411 g/mol. The lowest BCUT2D eigenvalue weighted by Crippen LogP contribution is -2.53. The van der Waals surface area contributed by atoms with E-state index in [1.807, 2.05) is 42.5 Å². The number of rotatable bonds is 3. The Bertz CT molecular complexity index is 1210. The second-order valence-electron chi connectivity index (χ2n) is 9.62. The molecule has 3 aromatic rings. The summed E-state index contributed by atoms with van der Waals surface area (Å²) in [4.78, 5) is 14.4. The van der Waals surface area contributed by atoms with Gasteiger partial charge in [0.1, 0.15) is 0 Å². The van der Waals surface area contributed by atoms with Crippen molar-refractivity contribution in [3.63, 3.8) is 0 Å². The summed E-state index contributed by atoms with van der Waals surface area (Å²) in [5.41, 5.74) is 2.82. The maximum atomic E-state index is 14.4. The van der Waals surface area contributed by atoms with Gasteiger partial charge < -0.3 is 4.74 Å². The summed E-state index contributed by atoms with van der Waals surface area (Å²) in [5.74, 6) is 0.0951. The second kappa shape index (κ2) is 7.24. The molecule has 6 rings (SSSR count). The molecule has 2 heterocycles. The minimum atomic E-state index is -1.04. The van der Waals surface area contributed by atoms with Crippen LogP contribution in [0.1, 0.15) is 66.1 Å². The van der Waals surface area contributed by atoms with Crippen molar-refractivity contribution in [2.24, 2.45) is 5.41 Å². The van der Waals surface area contributed by atoms with Gasteiger partial charge in [0.2, 0.25) is 5.78 Å². The summed E-state index contributed by atoms with van der Waals surface area (Å²) in [6.45, 7) is 2.37. The fourth-order valence-corrected chi connectivity index (χ4v) is 8.05. The van der Waals surface area contributed by atoms with Crippen LogP contribution < -0.4 is 0 Å². The van der Waals surface area contributed by atoms with Gasteiger partial charge in [0.25, 0.3) is 0 Å². The van der Waals surface area contributed by atoms with E-state index in [1.165, 1.54) is 24.6 Å². The molecule has 0 N–H and O–H groups in total. The van der Waals surface area contributed by atoms with Crippen LogP contribution in [0.15, 0.2) is 84.9 Å². The highest BCUT2D eigenvalue weighted by molar-refractivity contribution is 7.43. The number of hydrogen-bond donors (Lipinski definition) is 0. The van der Waals surface area contributed by atoms with Crippen molar-refractivity contribution in [1.29, 1.82) is 0 Å². The molecule has 160 valence electrons. The van der Waals surface area contributed by atoms with E-state index in [9.17, 15) is 4.79 Å². The predicted octanol–water partition coefficient (Wildman–Crippen LogP) is 7.10. The Morgan fingerprint density at radius 1 is 0.750 bits per heavy atom. The number of hydrogen-bond acceptors (Lipinski definition) is 2. The number of ether oxygens (including phenoxy) is 1. The molecule has 3 aromatic carbocycles. The van der Waals surface area contributed by atoms with E-state index >= 15 is 0 Å². The van der Waals surface area contributed by atoms with Gasteiger partial charge in [-0.25, -0.2) is 0 Å². The normalized spacial score (nSPS) is 28.7. The number of ketones is 1. The molecule has 32 heavy (non-hydrogen) atoms. The lowest BCUT2D eigenvalue weighted by molar-refractivity contribution is -0.0455. The Balaban J connectivity index is 1.71. The number of carbonyl (C=O) groups excluding carboxylic acids is 1. The summed E-state index contributed by atoms with van der Waals surface area (Å²) in [6, 6.07) is 28.8. The third kappa shape index (κ3) is 2.63. The molecule has 0 radical (unpaired) electrons. The first kappa shape index (κ1) is 20.1. The zero-order valence-corrected chi connectivity index (χ0v) is 19.3.